The Bertz CT molecular complexity index is 476. The third-order valence-corrected chi connectivity index (χ3v) is 4.14. The van der Waals surface area contributed by atoms with Crippen molar-refractivity contribution >= 4 is 0 Å². The highest BCUT2D eigenvalue weighted by atomic mass is 16.5. The summed E-state index contributed by atoms with van der Waals surface area (Å²) in [5.74, 6) is 0.850. The highest BCUT2D eigenvalue weighted by Crippen LogP contribution is 2.34. The fraction of sp³-hybridized carbons (Fsp3) is 0.765. The SMILES string of the molecule is Cc1nc(C2(C)CCCO2)nc(C)c1CCNC(C)(C)C. The van der Waals surface area contributed by atoms with Crippen molar-refractivity contribution in [3.8, 4) is 0 Å². The molecule has 0 amide bonds. The van der Waals surface area contributed by atoms with Gasteiger partial charge in [0.15, 0.2) is 5.82 Å². The molecule has 0 radical (unpaired) electrons. The Labute approximate surface area is 128 Å². The molecule has 1 N–H and O–H groups in total. The van der Waals surface area contributed by atoms with Gasteiger partial charge in [0.25, 0.3) is 0 Å². The van der Waals surface area contributed by atoms with Crippen LogP contribution in [0, 0.1) is 13.8 Å². The van der Waals surface area contributed by atoms with Crippen LogP contribution in [0.5, 0.6) is 0 Å². The van der Waals surface area contributed by atoms with E-state index >= 15 is 0 Å². The zero-order chi connectivity index (χ0) is 15.7. The standard InChI is InChI=1S/C17H29N3O/c1-12-14(8-10-18-16(3,4)5)13(2)20-15(19-12)17(6)9-7-11-21-17/h18H,7-11H2,1-6H3. The second kappa shape index (κ2) is 6.01. The molecule has 21 heavy (non-hydrogen) atoms. The van der Waals surface area contributed by atoms with Crippen LogP contribution in [0.15, 0.2) is 0 Å². The zero-order valence-corrected chi connectivity index (χ0v) is 14.3. The fourth-order valence-corrected chi connectivity index (χ4v) is 2.86. The van der Waals surface area contributed by atoms with E-state index in [2.05, 4.69) is 46.9 Å². The van der Waals surface area contributed by atoms with E-state index in [1.165, 1.54) is 5.56 Å². The van der Waals surface area contributed by atoms with Gasteiger partial charge in [-0.05, 0) is 72.9 Å². The maximum Gasteiger partial charge on any atom is 0.160 e. The largest absolute Gasteiger partial charge is 0.367 e. The number of rotatable bonds is 4. The summed E-state index contributed by atoms with van der Waals surface area (Å²) in [4.78, 5) is 9.48. The molecule has 1 atom stereocenters. The molecule has 1 aliphatic rings. The molecule has 4 nitrogen and oxygen atoms in total. The minimum atomic E-state index is -0.294. The monoisotopic (exact) mass is 291 g/mol. The molecule has 118 valence electrons. The van der Waals surface area contributed by atoms with Crippen LogP contribution in [0.2, 0.25) is 0 Å². The van der Waals surface area contributed by atoms with Crippen LogP contribution < -0.4 is 5.32 Å². The number of nitrogens with one attached hydrogen (secondary N) is 1. The topological polar surface area (TPSA) is 47.0 Å². The van der Waals surface area contributed by atoms with Crippen molar-refractivity contribution in [3.63, 3.8) is 0 Å². The Hall–Kier alpha value is -1.00. The van der Waals surface area contributed by atoms with Gasteiger partial charge in [0.05, 0.1) is 0 Å². The summed E-state index contributed by atoms with van der Waals surface area (Å²) in [6, 6.07) is 0. The quantitative estimate of drug-likeness (QED) is 0.926. The summed E-state index contributed by atoms with van der Waals surface area (Å²) in [6.07, 6.45) is 3.07. The Morgan fingerprint density at radius 1 is 1.19 bits per heavy atom. The van der Waals surface area contributed by atoms with Gasteiger partial charge >= 0.3 is 0 Å². The fourth-order valence-electron chi connectivity index (χ4n) is 2.86. The molecule has 1 aromatic rings. The van der Waals surface area contributed by atoms with E-state index in [-0.39, 0.29) is 11.1 Å². The van der Waals surface area contributed by atoms with Crippen molar-refractivity contribution in [2.45, 2.75) is 71.9 Å². The summed E-state index contributed by atoms with van der Waals surface area (Å²) < 4.78 is 5.86. The van der Waals surface area contributed by atoms with E-state index in [1.807, 2.05) is 0 Å². The van der Waals surface area contributed by atoms with Crippen molar-refractivity contribution in [1.29, 1.82) is 0 Å². The Kier molecular flexibility index (Phi) is 4.69. The van der Waals surface area contributed by atoms with Crippen LogP contribution in [0.25, 0.3) is 0 Å². The summed E-state index contributed by atoms with van der Waals surface area (Å²) >= 11 is 0. The van der Waals surface area contributed by atoms with Crippen molar-refractivity contribution in [2.75, 3.05) is 13.2 Å². The highest BCUT2D eigenvalue weighted by molar-refractivity contribution is 5.26. The van der Waals surface area contributed by atoms with Gasteiger partial charge in [-0.3, -0.25) is 0 Å². The summed E-state index contributed by atoms with van der Waals surface area (Å²) in [5.41, 5.74) is 3.29. The number of hydrogen-bond acceptors (Lipinski definition) is 4. The van der Waals surface area contributed by atoms with Crippen molar-refractivity contribution in [3.05, 3.63) is 22.8 Å². The molecular formula is C17H29N3O. The lowest BCUT2D eigenvalue weighted by molar-refractivity contribution is 0.00902. The number of nitrogens with zero attached hydrogens (tertiary/aromatic N) is 2. The van der Waals surface area contributed by atoms with Gasteiger partial charge in [-0.2, -0.15) is 0 Å². The van der Waals surface area contributed by atoms with Crippen molar-refractivity contribution in [1.82, 2.24) is 15.3 Å². The third-order valence-electron chi connectivity index (χ3n) is 4.14. The van der Waals surface area contributed by atoms with Gasteiger partial charge < -0.3 is 10.1 Å². The Morgan fingerprint density at radius 3 is 2.29 bits per heavy atom. The Morgan fingerprint density at radius 2 is 1.81 bits per heavy atom. The average Bonchev–Trinajstić information content (AvgIpc) is 2.79. The first-order valence-corrected chi connectivity index (χ1v) is 7.95. The molecular weight excluding hydrogens is 262 g/mol. The van der Waals surface area contributed by atoms with Crippen LogP contribution >= 0.6 is 0 Å². The van der Waals surface area contributed by atoms with Gasteiger partial charge in [0.1, 0.15) is 5.60 Å². The van der Waals surface area contributed by atoms with Crippen LogP contribution in [0.4, 0.5) is 0 Å². The second-order valence-electron chi connectivity index (χ2n) is 7.31. The van der Waals surface area contributed by atoms with Gasteiger partial charge in [-0.25, -0.2) is 9.97 Å². The van der Waals surface area contributed by atoms with E-state index in [0.717, 1.165) is 49.6 Å². The summed E-state index contributed by atoms with van der Waals surface area (Å²) in [5, 5.41) is 3.52. The molecule has 0 aliphatic carbocycles. The van der Waals surface area contributed by atoms with Crippen molar-refractivity contribution in [2.24, 2.45) is 0 Å². The highest BCUT2D eigenvalue weighted by Gasteiger charge is 2.35. The van der Waals surface area contributed by atoms with Crippen LogP contribution in [-0.2, 0) is 16.8 Å². The first kappa shape index (κ1) is 16.4. The van der Waals surface area contributed by atoms with Gasteiger partial charge in [0.2, 0.25) is 0 Å². The average molecular weight is 291 g/mol. The molecule has 4 heteroatoms. The van der Waals surface area contributed by atoms with Gasteiger partial charge in [-0.15, -0.1) is 0 Å². The number of aryl methyl sites for hydroxylation is 2. The molecule has 1 fully saturated rings. The minimum Gasteiger partial charge on any atom is -0.367 e. The normalized spacial score (nSPS) is 22.8. The zero-order valence-electron chi connectivity index (χ0n) is 14.3. The minimum absolute atomic E-state index is 0.147. The maximum atomic E-state index is 5.86. The molecule has 0 aromatic carbocycles. The van der Waals surface area contributed by atoms with E-state index in [0.29, 0.717) is 0 Å². The molecule has 2 rings (SSSR count). The molecule has 0 spiro atoms. The maximum absolute atomic E-state index is 5.86. The Balaban J connectivity index is 2.14. The van der Waals surface area contributed by atoms with Gasteiger partial charge in [0, 0.05) is 23.5 Å². The van der Waals surface area contributed by atoms with Crippen LogP contribution in [0.3, 0.4) is 0 Å². The van der Waals surface area contributed by atoms with E-state index in [4.69, 9.17) is 14.7 Å². The van der Waals surface area contributed by atoms with E-state index in [1.54, 1.807) is 0 Å². The third kappa shape index (κ3) is 4.01. The van der Waals surface area contributed by atoms with Gasteiger partial charge in [-0.1, -0.05) is 0 Å². The smallest absolute Gasteiger partial charge is 0.160 e. The van der Waals surface area contributed by atoms with E-state index in [9.17, 15) is 0 Å². The molecule has 1 aliphatic heterocycles. The lowest BCUT2D eigenvalue weighted by atomic mass is 10.00. The lowest BCUT2D eigenvalue weighted by Crippen LogP contribution is -2.37. The predicted octanol–water partition coefficient (Wildman–Crippen LogP) is 3.05. The van der Waals surface area contributed by atoms with Crippen LogP contribution in [-0.4, -0.2) is 28.7 Å². The molecule has 0 bridgehead atoms. The lowest BCUT2D eigenvalue weighted by Gasteiger charge is -2.24. The first-order valence-electron chi connectivity index (χ1n) is 7.95. The summed E-state index contributed by atoms with van der Waals surface area (Å²) in [6.45, 7) is 14.6. The first-order chi connectivity index (χ1) is 9.71. The number of aromatic nitrogens is 2. The number of ether oxygens (including phenoxy) is 1. The molecule has 0 saturated carbocycles. The second-order valence-corrected chi connectivity index (χ2v) is 7.31. The molecule has 1 unspecified atom stereocenters. The number of hydrogen-bond donors (Lipinski definition) is 1. The predicted molar refractivity (Wildman–Crippen MR) is 85.5 cm³/mol. The molecule has 1 aromatic heterocycles. The van der Waals surface area contributed by atoms with Crippen molar-refractivity contribution < 1.29 is 4.74 Å². The van der Waals surface area contributed by atoms with E-state index < -0.39 is 0 Å². The summed E-state index contributed by atoms with van der Waals surface area (Å²) in [7, 11) is 0. The molecule has 1 saturated heterocycles. The van der Waals surface area contributed by atoms with Crippen LogP contribution in [0.1, 0.15) is 63.3 Å². The molecule has 2 heterocycles.